The van der Waals surface area contributed by atoms with Gasteiger partial charge in [-0.2, -0.15) is 0 Å². The smallest absolute Gasteiger partial charge is 0.372 e. The van der Waals surface area contributed by atoms with Gasteiger partial charge in [-0.3, -0.25) is 0 Å². The van der Waals surface area contributed by atoms with Crippen LogP contribution in [0.3, 0.4) is 0 Å². The zero-order valence-corrected chi connectivity index (χ0v) is 11.2. The number of aromatic carboxylic acids is 1. The highest BCUT2D eigenvalue weighted by Crippen LogP contribution is 2.32. The molecular weight excluding hydrogens is 246 g/mol. The van der Waals surface area contributed by atoms with E-state index in [0.717, 1.165) is 19.3 Å². The maximum atomic E-state index is 11.0. The Morgan fingerprint density at radius 2 is 2.42 bits per heavy atom. The van der Waals surface area contributed by atoms with Crippen LogP contribution >= 0.6 is 0 Å². The lowest BCUT2D eigenvalue weighted by atomic mass is 9.77. The van der Waals surface area contributed by atoms with Gasteiger partial charge in [0.05, 0.1) is 12.9 Å². The van der Waals surface area contributed by atoms with Gasteiger partial charge in [-0.15, -0.1) is 0 Å². The molecule has 1 aromatic rings. The maximum Gasteiger partial charge on any atom is 0.372 e. The molecule has 1 aliphatic rings. The molecule has 2 atom stereocenters. The van der Waals surface area contributed by atoms with E-state index in [2.05, 4.69) is 12.2 Å². The Balaban J connectivity index is 2.03. The normalized spacial score (nSPS) is 27.4. The number of carboxylic acids is 1. The van der Waals surface area contributed by atoms with Crippen molar-refractivity contribution in [2.24, 2.45) is 5.92 Å². The molecule has 106 valence electrons. The van der Waals surface area contributed by atoms with Crippen LogP contribution in [0.1, 0.15) is 48.7 Å². The van der Waals surface area contributed by atoms with E-state index < -0.39 is 5.97 Å². The van der Waals surface area contributed by atoms with Crippen LogP contribution in [0.5, 0.6) is 0 Å². The van der Waals surface area contributed by atoms with Gasteiger partial charge in [-0.1, -0.05) is 19.8 Å². The molecule has 1 aliphatic carbocycles. The Kier molecular flexibility index (Phi) is 4.27. The van der Waals surface area contributed by atoms with Gasteiger partial charge in [-0.05, 0) is 24.8 Å². The van der Waals surface area contributed by atoms with E-state index >= 15 is 0 Å². The van der Waals surface area contributed by atoms with E-state index in [1.807, 2.05) is 0 Å². The highest BCUT2D eigenvalue weighted by atomic mass is 16.4. The second kappa shape index (κ2) is 5.75. The standard InChI is InChI=1S/C14H21NO4/c1-10-3-2-5-14(7-10,9-16)15-8-11-4-6-19-12(11)13(17)18/h4,6,10,15-16H,2-3,5,7-9H2,1H3,(H,17,18). The van der Waals surface area contributed by atoms with Crippen molar-refractivity contribution in [1.29, 1.82) is 0 Å². The molecule has 0 bridgehead atoms. The lowest BCUT2D eigenvalue weighted by Crippen LogP contribution is -2.51. The van der Waals surface area contributed by atoms with Gasteiger partial charge in [0.2, 0.25) is 5.76 Å². The maximum absolute atomic E-state index is 11.0. The lowest BCUT2D eigenvalue weighted by molar-refractivity contribution is 0.0658. The van der Waals surface area contributed by atoms with E-state index in [1.54, 1.807) is 6.07 Å². The molecule has 0 amide bonds. The monoisotopic (exact) mass is 267 g/mol. The van der Waals surface area contributed by atoms with Crippen LogP contribution in [0.25, 0.3) is 0 Å². The molecule has 0 saturated heterocycles. The third-order valence-corrected chi connectivity index (χ3v) is 3.99. The van der Waals surface area contributed by atoms with Crippen molar-refractivity contribution in [2.75, 3.05) is 6.61 Å². The van der Waals surface area contributed by atoms with Crippen LogP contribution in [-0.4, -0.2) is 28.3 Å². The Morgan fingerprint density at radius 1 is 1.63 bits per heavy atom. The zero-order valence-electron chi connectivity index (χ0n) is 11.2. The summed E-state index contributed by atoms with van der Waals surface area (Å²) in [6, 6.07) is 1.66. The van der Waals surface area contributed by atoms with E-state index in [-0.39, 0.29) is 17.9 Å². The molecule has 5 nitrogen and oxygen atoms in total. The second-order valence-electron chi connectivity index (χ2n) is 5.57. The number of hydrogen-bond acceptors (Lipinski definition) is 4. The summed E-state index contributed by atoms with van der Waals surface area (Å²) < 4.78 is 4.95. The minimum absolute atomic E-state index is 0.0237. The number of carbonyl (C=O) groups is 1. The predicted molar refractivity (Wildman–Crippen MR) is 70.0 cm³/mol. The zero-order chi connectivity index (χ0) is 13.9. The van der Waals surface area contributed by atoms with Gasteiger partial charge < -0.3 is 19.9 Å². The van der Waals surface area contributed by atoms with Crippen molar-refractivity contribution < 1.29 is 19.4 Å². The molecule has 1 saturated carbocycles. The summed E-state index contributed by atoms with van der Waals surface area (Å²) >= 11 is 0. The summed E-state index contributed by atoms with van der Waals surface area (Å²) in [4.78, 5) is 11.0. The molecule has 3 N–H and O–H groups in total. The van der Waals surface area contributed by atoms with Gasteiger partial charge in [0, 0.05) is 17.6 Å². The molecule has 1 heterocycles. The van der Waals surface area contributed by atoms with E-state index in [1.165, 1.54) is 12.7 Å². The minimum atomic E-state index is -1.06. The quantitative estimate of drug-likeness (QED) is 0.760. The van der Waals surface area contributed by atoms with Gasteiger partial charge in [0.25, 0.3) is 0 Å². The molecule has 1 aromatic heterocycles. The van der Waals surface area contributed by atoms with Crippen molar-refractivity contribution >= 4 is 5.97 Å². The first-order valence-electron chi connectivity index (χ1n) is 6.72. The number of carboxylic acid groups (broad SMARTS) is 1. The van der Waals surface area contributed by atoms with Crippen molar-refractivity contribution in [3.8, 4) is 0 Å². The van der Waals surface area contributed by atoms with Crippen LogP contribution in [-0.2, 0) is 6.54 Å². The van der Waals surface area contributed by atoms with E-state index in [0.29, 0.717) is 18.0 Å². The Morgan fingerprint density at radius 3 is 3.05 bits per heavy atom. The average Bonchev–Trinajstić information content (AvgIpc) is 2.85. The fourth-order valence-corrected chi connectivity index (χ4v) is 2.97. The number of nitrogens with one attached hydrogen (secondary N) is 1. The largest absolute Gasteiger partial charge is 0.475 e. The molecule has 19 heavy (non-hydrogen) atoms. The Bertz CT molecular complexity index is 442. The Labute approximate surface area is 112 Å². The SMILES string of the molecule is CC1CCCC(CO)(NCc2ccoc2C(=O)O)C1. The molecule has 0 spiro atoms. The summed E-state index contributed by atoms with van der Waals surface area (Å²) in [5.41, 5.74) is 0.337. The minimum Gasteiger partial charge on any atom is -0.475 e. The number of furan rings is 1. The lowest BCUT2D eigenvalue weighted by Gasteiger charge is -2.39. The average molecular weight is 267 g/mol. The molecule has 0 aliphatic heterocycles. The van der Waals surface area contributed by atoms with Gasteiger partial charge >= 0.3 is 5.97 Å². The molecule has 0 aromatic carbocycles. The molecular formula is C14H21NO4. The molecule has 5 heteroatoms. The van der Waals surface area contributed by atoms with Crippen molar-refractivity contribution in [2.45, 2.75) is 44.7 Å². The van der Waals surface area contributed by atoms with Crippen molar-refractivity contribution in [1.82, 2.24) is 5.32 Å². The van der Waals surface area contributed by atoms with E-state index in [4.69, 9.17) is 9.52 Å². The third kappa shape index (κ3) is 3.16. The Hall–Kier alpha value is -1.33. The van der Waals surface area contributed by atoms with Gasteiger partial charge in [-0.25, -0.2) is 4.79 Å². The van der Waals surface area contributed by atoms with E-state index in [9.17, 15) is 9.90 Å². The highest BCUT2D eigenvalue weighted by Gasteiger charge is 2.34. The third-order valence-electron chi connectivity index (χ3n) is 3.99. The number of hydrogen-bond donors (Lipinski definition) is 3. The first-order valence-corrected chi connectivity index (χ1v) is 6.72. The first-order chi connectivity index (χ1) is 9.06. The number of aliphatic hydroxyl groups excluding tert-OH is 1. The van der Waals surface area contributed by atoms with Crippen molar-refractivity contribution in [3.05, 3.63) is 23.7 Å². The molecule has 0 radical (unpaired) electrons. The van der Waals surface area contributed by atoms with Gasteiger partial charge in [0.15, 0.2) is 0 Å². The second-order valence-corrected chi connectivity index (χ2v) is 5.57. The first kappa shape index (κ1) is 14.1. The van der Waals surface area contributed by atoms with Crippen molar-refractivity contribution in [3.63, 3.8) is 0 Å². The summed E-state index contributed by atoms with van der Waals surface area (Å²) in [7, 11) is 0. The molecule has 2 unspecified atom stereocenters. The fourth-order valence-electron chi connectivity index (χ4n) is 2.97. The van der Waals surface area contributed by atoms with Gasteiger partial charge in [0.1, 0.15) is 0 Å². The van der Waals surface area contributed by atoms with Crippen LogP contribution < -0.4 is 5.32 Å². The summed E-state index contributed by atoms with van der Waals surface area (Å²) in [6.07, 6.45) is 5.51. The summed E-state index contributed by atoms with van der Waals surface area (Å²) in [5.74, 6) is -0.502. The summed E-state index contributed by atoms with van der Waals surface area (Å²) in [6.45, 7) is 2.68. The predicted octanol–water partition coefficient (Wildman–Crippen LogP) is 2.01. The molecule has 1 fully saturated rings. The number of aliphatic hydroxyl groups is 1. The van der Waals surface area contributed by atoms with Crippen LogP contribution in [0.15, 0.2) is 16.7 Å². The van der Waals surface area contributed by atoms with Crippen LogP contribution in [0.4, 0.5) is 0 Å². The number of rotatable bonds is 5. The van der Waals surface area contributed by atoms with Crippen LogP contribution in [0.2, 0.25) is 0 Å². The highest BCUT2D eigenvalue weighted by molar-refractivity contribution is 5.86. The fraction of sp³-hybridized carbons (Fsp3) is 0.643. The summed E-state index contributed by atoms with van der Waals surface area (Å²) in [5, 5.41) is 22.0. The topological polar surface area (TPSA) is 82.7 Å². The van der Waals surface area contributed by atoms with Crippen LogP contribution in [0, 0.1) is 5.92 Å². The molecule has 2 rings (SSSR count).